The van der Waals surface area contributed by atoms with Crippen LogP contribution in [-0.4, -0.2) is 12.6 Å². The van der Waals surface area contributed by atoms with Crippen LogP contribution in [0.4, 0.5) is 0 Å². The molecule has 0 atom stereocenters. The Hall–Kier alpha value is -1.06. The molecule has 0 bridgehead atoms. The molecule has 0 heterocycles. The van der Waals surface area contributed by atoms with E-state index >= 15 is 0 Å². The lowest BCUT2D eigenvalue weighted by atomic mass is 10.5. The third kappa shape index (κ3) is 2.17. The molecule has 0 aromatic rings. The molecule has 0 radical (unpaired) electrons. The van der Waals surface area contributed by atoms with Crippen LogP contribution in [0.15, 0.2) is 10.2 Å². The van der Waals surface area contributed by atoms with Crippen LogP contribution in [0.2, 0.25) is 0 Å². The Bertz CT molecular complexity index is 96.2. The van der Waals surface area contributed by atoms with Crippen LogP contribution in [-0.2, 0) is 0 Å². The van der Waals surface area contributed by atoms with Crippen LogP contribution < -0.4 is 11.3 Å². The van der Waals surface area contributed by atoms with Gasteiger partial charge in [0.1, 0.15) is 5.84 Å². The van der Waals surface area contributed by atoms with E-state index in [4.69, 9.17) is 5.84 Å². The number of rotatable bonds is 2. The molecule has 0 rings (SSSR count). The van der Waals surface area contributed by atoms with Gasteiger partial charge < -0.3 is 5.84 Å². The van der Waals surface area contributed by atoms with Gasteiger partial charge in [0.15, 0.2) is 0 Å². The molecular formula is C4H10N4. The Morgan fingerprint density at radius 2 is 2.50 bits per heavy atom. The van der Waals surface area contributed by atoms with Crippen molar-refractivity contribution in [1.29, 1.82) is 0 Å². The second-order valence-corrected chi connectivity index (χ2v) is 1.20. The summed E-state index contributed by atoms with van der Waals surface area (Å²) in [4.78, 5) is 0. The highest BCUT2D eigenvalue weighted by molar-refractivity contribution is 5.81. The van der Waals surface area contributed by atoms with Crippen LogP contribution in [0.3, 0.4) is 0 Å². The Labute approximate surface area is 48.5 Å². The zero-order chi connectivity index (χ0) is 6.41. The van der Waals surface area contributed by atoms with Crippen molar-refractivity contribution in [2.45, 2.75) is 13.3 Å². The lowest BCUT2D eigenvalue weighted by molar-refractivity contribution is 0.968. The summed E-state index contributed by atoms with van der Waals surface area (Å²) >= 11 is 0. The van der Waals surface area contributed by atoms with Crippen LogP contribution >= 0.6 is 0 Å². The van der Waals surface area contributed by atoms with E-state index in [1.54, 1.807) is 0 Å². The molecule has 0 unspecified atom stereocenters. The third-order valence-electron chi connectivity index (χ3n) is 0.699. The first-order valence-electron chi connectivity index (χ1n) is 2.33. The summed E-state index contributed by atoms with van der Waals surface area (Å²) in [6.07, 6.45) is 0.746. The minimum Gasteiger partial charge on any atom is -0.322 e. The smallest absolute Gasteiger partial charge is 0.141 e. The second-order valence-electron chi connectivity index (χ2n) is 1.20. The van der Waals surface area contributed by atoms with Gasteiger partial charge in [-0.2, -0.15) is 10.2 Å². The molecule has 3 N–H and O–H groups in total. The van der Waals surface area contributed by atoms with Crippen molar-refractivity contribution in [1.82, 2.24) is 5.43 Å². The SMILES string of the molecule is C=NN/C(CC)=N\N. The van der Waals surface area contributed by atoms with E-state index in [0.29, 0.717) is 5.84 Å². The first-order chi connectivity index (χ1) is 3.85. The Kier molecular flexibility index (Phi) is 3.56. The molecule has 0 aliphatic carbocycles. The molecule has 0 saturated carbocycles. The summed E-state index contributed by atoms with van der Waals surface area (Å²) in [5.74, 6) is 5.55. The highest BCUT2D eigenvalue weighted by atomic mass is 15.3. The number of nitrogens with two attached hydrogens (primary N) is 1. The molecule has 4 nitrogen and oxygen atoms in total. The third-order valence-corrected chi connectivity index (χ3v) is 0.699. The fraction of sp³-hybridized carbons (Fsp3) is 0.500. The molecule has 0 fully saturated rings. The molecule has 8 heavy (non-hydrogen) atoms. The van der Waals surface area contributed by atoms with E-state index in [9.17, 15) is 0 Å². The van der Waals surface area contributed by atoms with Crippen LogP contribution in [0.5, 0.6) is 0 Å². The molecule has 0 spiro atoms. The Morgan fingerprint density at radius 3 is 2.62 bits per heavy atom. The van der Waals surface area contributed by atoms with Crippen molar-refractivity contribution in [2.75, 3.05) is 0 Å². The number of hydrazone groups is 2. The van der Waals surface area contributed by atoms with Crippen molar-refractivity contribution >= 4 is 12.6 Å². The van der Waals surface area contributed by atoms with E-state index < -0.39 is 0 Å². The van der Waals surface area contributed by atoms with Gasteiger partial charge in [-0.3, -0.25) is 5.43 Å². The van der Waals surface area contributed by atoms with E-state index in [2.05, 4.69) is 22.3 Å². The van der Waals surface area contributed by atoms with E-state index in [-0.39, 0.29) is 0 Å². The van der Waals surface area contributed by atoms with Crippen LogP contribution in [0.25, 0.3) is 0 Å². The average Bonchev–Trinajstić information content (AvgIpc) is 1.83. The van der Waals surface area contributed by atoms with Crippen molar-refractivity contribution < 1.29 is 0 Å². The zero-order valence-electron chi connectivity index (χ0n) is 4.89. The monoisotopic (exact) mass is 114 g/mol. The van der Waals surface area contributed by atoms with Gasteiger partial charge in [0.05, 0.1) is 0 Å². The van der Waals surface area contributed by atoms with Crippen molar-refractivity contribution in [3.8, 4) is 0 Å². The molecule has 0 amide bonds. The summed E-state index contributed by atoms with van der Waals surface area (Å²) in [6, 6.07) is 0. The predicted molar refractivity (Wildman–Crippen MR) is 34.6 cm³/mol. The van der Waals surface area contributed by atoms with Crippen molar-refractivity contribution in [3.63, 3.8) is 0 Å². The maximum Gasteiger partial charge on any atom is 0.141 e. The molecule has 0 aliphatic rings. The zero-order valence-corrected chi connectivity index (χ0v) is 4.89. The molecule has 46 valence electrons. The van der Waals surface area contributed by atoms with E-state index in [0.717, 1.165) is 6.42 Å². The first kappa shape index (κ1) is 6.94. The number of amidine groups is 1. The average molecular weight is 114 g/mol. The van der Waals surface area contributed by atoms with E-state index in [1.165, 1.54) is 0 Å². The summed E-state index contributed by atoms with van der Waals surface area (Å²) in [7, 11) is 0. The number of nitrogens with one attached hydrogen (secondary N) is 1. The minimum absolute atomic E-state index is 0.639. The number of hydrogen-bond acceptors (Lipinski definition) is 3. The summed E-state index contributed by atoms with van der Waals surface area (Å²) in [6.45, 7) is 5.12. The summed E-state index contributed by atoms with van der Waals surface area (Å²) < 4.78 is 0. The van der Waals surface area contributed by atoms with Gasteiger partial charge in [0, 0.05) is 13.1 Å². The molecule has 0 aromatic carbocycles. The normalized spacial score (nSPS) is 10.9. The maximum atomic E-state index is 4.91. The lowest BCUT2D eigenvalue weighted by Crippen LogP contribution is -2.17. The predicted octanol–water partition coefficient (Wildman–Crippen LogP) is -0.126. The fourth-order valence-electron chi connectivity index (χ4n) is 0.290. The summed E-state index contributed by atoms with van der Waals surface area (Å²) in [5.41, 5.74) is 2.52. The summed E-state index contributed by atoms with van der Waals surface area (Å²) in [5, 5.41) is 6.73. The van der Waals surface area contributed by atoms with Crippen molar-refractivity contribution in [2.24, 2.45) is 16.0 Å². The Balaban J connectivity index is 3.53. The van der Waals surface area contributed by atoms with Crippen LogP contribution in [0.1, 0.15) is 13.3 Å². The Morgan fingerprint density at radius 1 is 1.88 bits per heavy atom. The molecule has 0 aliphatic heterocycles. The lowest BCUT2D eigenvalue weighted by Gasteiger charge is -1.95. The second kappa shape index (κ2) is 4.11. The number of nitrogens with zero attached hydrogens (tertiary/aromatic N) is 2. The van der Waals surface area contributed by atoms with E-state index in [1.807, 2.05) is 6.92 Å². The minimum atomic E-state index is 0.639. The highest BCUT2D eigenvalue weighted by Gasteiger charge is 1.86. The van der Waals surface area contributed by atoms with Gasteiger partial charge in [-0.15, -0.1) is 0 Å². The quantitative estimate of drug-likeness (QED) is 0.227. The topological polar surface area (TPSA) is 62.8 Å². The molecule has 4 heteroatoms. The first-order valence-corrected chi connectivity index (χ1v) is 2.33. The van der Waals surface area contributed by atoms with Gasteiger partial charge >= 0.3 is 0 Å². The van der Waals surface area contributed by atoms with Crippen molar-refractivity contribution in [3.05, 3.63) is 0 Å². The van der Waals surface area contributed by atoms with Gasteiger partial charge in [0.25, 0.3) is 0 Å². The number of hydrogen-bond donors (Lipinski definition) is 2. The standard InChI is InChI=1S/C4H10N4/c1-3-4(7-5)8-6-2/h2-3,5H2,1H3,(H,7,8). The van der Waals surface area contributed by atoms with Crippen LogP contribution in [0, 0.1) is 0 Å². The highest BCUT2D eigenvalue weighted by Crippen LogP contribution is 1.75. The van der Waals surface area contributed by atoms with Gasteiger partial charge in [-0.25, -0.2) is 0 Å². The molecule has 0 aromatic heterocycles. The largest absolute Gasteiger partial charge is 0.322 e. The maximum absolute atomic E-state index is 4.91. The fourth-order valence-corrected chi connectivity index (χ4v) is 0.290. The van der Waals surface area contributed by atoms with Gasteiger partial charge in [-0.1, -0.05) is 6.92 Å². The molecule has 0 saturated heterocycles. The molecular weight excluding hydrogens is 104 g/mol. The van der Waals surface area contributed by atoms with Gasteiger partial charge in [-0.05, 0) is 0 Å². The van der Waals surface area contributed by atoms with Gasteiger partial charge in [0.2, 0.25) is 0 Å².